The highest BCUT2D eigenvalue weighted by Crippen LogP contribution is 2.27. The van der Waals surface area contributed by atoms with Gasteiger partial charge in [-0.15, -0.1) is 0 Å². The summed E-state index contributed by atoms with van der Waals surface area (Å²) in [5, 5.41) is 0. The highest BCUT2D eigenvalue weighted by molar-refractivity contribution is 9.10. The number of aryl methyl sites for hydroxylation is 2. The standard InChI is InChI=1S/C16H20BrN3/c1-9(2)7-13-14(17)15(18)20-16(19-13)12-6-5-10(3)11(4)8-12/h5-6,8-9H,7H2,1-4H3,(H2,18,19,20). The summed E-state index contributed by atoms with van der Waals surface area (Å²) in [4.78, 5) is 9.08. The Labute approximate surface area is 128 Å². The van der Waals surface area contributed by atoms with Crippen molar-refractivity contribution in [1.29, 1.82) is 0 Å². The van der Waals surface area contributed by atoms with Crippen LogP contribution in [0.4, 0.5) is 5.82 Å². The zero-order chi connectivity index (χ0) is 14.9. The third-order valence-electron chi connectivity index (χ3n) is 3.31. The van der Waals surface area contributed by atoms with E-state index in [0.29, 0.717) is 17.6 Å². The number of hydrogen-bond acceptors (Lipinski definition) is 3. The zero-order valence-corrected chi connectivity index (χ0v) is 14.0. The number of halogens is 1. The monoisotopic (exact) mass is 333 g/mol. The molecular formula is C16H20BrN3. The van der Waals surface area contributed by atoms with E-state index in [1.807, 2.05) is 6.07 Å². The van der Waals surface area contributed by atoms with E-state index in [1.54, 1.807) is 0 Å². The molecule has 4 heteroatoms. The average Bonchev–Trinajstić information content (AvgIpc) is 2.37. The summed E-state index contributed by atoms with van der Waals surface area (Å²) in [6.07, 6.45) is 0.880. The first-order valence-corrected chi connectivity index (χ1v) is 7.57. The van der Waals surface area contributed by atoms with Gasteiger partial charge in [-0.25, -0.2) is 9.97 Å². The number of nitrogens with two attached hydrogens (primary N) is 1. The third kappa shape index (κ3) is 3.18. The molecule has 0 unspecified atom stereocenters. The Morgan fingerprint density at radius 1 is 1.15 bits per heavy atom. The lowest BCUT2D eigenvalue weighted by molar-refractivity contribution is 0.633. The summed E-state index contributed by atoms with van der Waals surface area (Å²) >= 11 is 3.49. The molecule has 0 radical (unpaired) electrons. The van der Waals surface area contributed by atoms with E-state index in [-0.39, 0.29) is 0 Å². The van der Waals surface area contributed by atoms with Gasteiger partial charge in [-0.3, -0.25) is 0 Å². The van der Waals surface area contributed by atoms with E-state index >= 15 is 0 Å². The molecule has 1 aromatic heterocycles. The minimum absolute atomic E-state index is 0.504. The largest absolute Gasteiger partial charge is 0.383 e. The molecule has 2 aromatic rings. The second-order valence-corrected chi connectivity index (χ2v) is 6.38. The molecular weight excluding hydrogens is 314 g/mol. The molecule has 0 aliphatic rings. The fraction of sp³-hybridized carbons (Fsp3) is 0.375. The van der Waals surface area contributed by atoms with Gasteiger partial charge in [0.25, 0.3) is 0 Å². The summed E-state index contributed by atoms with van der Waals surface area (Å²) in [6.45, 7) is 8.52. The Kier molecular flexibility index (Phi) is 4.43. The van der Waals surface area contributed by atoms with Gasteiger partial charge in [0.05, 0.1) is 10.2 Å². The highest BCUT2D eigenvalue weighted by Gasteiger charge is 2.13. The second kappa shape index (κ2) is 5.92. The zero-order valence-electron chi connectivity index (χ0n) is 12.4. The summed E-state index contributed by atoms with van der Waals surface area (Å²) in [7, 11) is 0. The molecule has 0 bridgehead atoms. The molecule has 2 N–H and O–H groups in total. The number of nitrogens with zero attached hydrogens (tertiary/aromatic N) is 2. The summed E-state index contributed by atoms with van der Waals surface area (Å²) in [6, 6.07) is 6.25. The van der Waals surface area contributed by atoms with Crippen molar-refractivity contribution in [3.05, 3.63) is 39.5 Å². The number of nitrogen functional groups attached to an aromatic ring is 1. The van der Waals surface area contributed by atoms with Crippen molar-refractivity contribution >= 4 is 21.7 Å². The molecule has 0 atom stereocenters. The van der Waals surface area contributed by atoms with Crippen LogP contribution in [0.25, 0.3) is 11.4 Å². The first kappa shape index (κ1) is 15.0. The number of hydrogen-bond donors (Lipinski definition) is 1. The van der Waals surface area contributed by atoms with Crippen LogP contribution in [-0.2, 0) is 6.42 Å². The Morgan fingerprint density at radius 2 is 1.85 bits per heavy atom. The Balaban J connectivity index is 2.51. The molecule has 20 heavy (non-hydrogen) atoms. The first-order chi connectivity index (χ1) is 9.38. The Hall–Kier alpha value is -1.42. The lowest BCUT2D eigenvalue weighted by Crippen LogP contribution is -2.05. The van der Waals surface area contributed by atoms with Crippen molar-refractivity contribution < 1.29 is 0 Å². The van der Waals surface area contributed by atoms with E-state index < -0.39 is 0 Å². The fourth-order valence-electron chi connectivity index (χ4n) is 2.04. The summed E-state index contributed by atoms with van der Waals surface area (Å²) in [5.74, 6) is 1.72. The maximum Gasteiger partial charge on any atom is 0.161 e. The molecule has 0 saturated heterocycles. The SMILES string of the molecule is Cc1ccc(-c2nc(N)c(Br)c(CC(C)C)n2)cc1C. The number of rotatable bonds is 3. The molecule has 1 heterocycles. The minimum Gasteiger partial charge on any atom is -0.383 e. The number of benzene rings is 1. The van der Waals surface area contributed by atoms with E-state index in [2.05, 4.69) is 65.7 Å². The molecule has 0 aliphatic heterocycles. The average molecular weight is 334 g/mol. The van der Waals surface area contributed by atoms with Crippen LogP contribution in [0.2, 0.25) is 0 Å². The molecule has 106 valence electrons. The van der Waals surface area contributed by atoms with Crippen LogP contribution in [-0.4, -0.2) is 9.97 Å². The van der Waals surface area contributed by atoms with Crippen LogP contribution < -0.4 is 5.73 Å². The third-order valence-corrected chi connectivity index (χ3v) is 4.18. The van der Waals surface area contributed by atoms with Gasteiger partial charge >= 0.3 is 0 Å². The van der Waals surface area contributed by atoms with Crippen molar-refractivity contribution in [1.82, 2.24) is 9.97 Å². The van der Waals surface area contributed by atoms with Crippen molar-refractivity contribution in [3.63, 3.8) is 0 Å². The summed E-state index contributed by atoms with van der Waals surface area (Å²) < 4.78 is 0.818. The maximum absolute atomic E-state index is 6.00. The maximum atomic E-state index is 6.00. The summed E-state index contributed by atoms with van der Waals surface area (Å²) in [5.41, 5.74) is 10.5. The van der Waals surface area contributed by atoms with Crippen molar-refractivity contribution in [2.45, 2.75) is 34.1 Å². The molecule has 0 fully saturated rings. The smallest absolute Gasteiger partial charge is 0.161 e. The van der Waals surface area contributed by atoms with Gasteiger partial charge in [0.15, 0.2) is 5.82 Å². The molecule has 3 nitrogen and oxygen atoms in total. The molecule has 0 spiro atoms. The normalized spacial score (nSPS) is 11.1. The second-order valence-electron chi connectivity index (χ2n) is 5.59. The lowest BCUT2D eigenvalue weighted by Gasteiger charge is -2.11. The van der Waals surface area contributed by atoms with Gasteiger partial charge in [-0.1, -0.05) is 26.0 Å². The number of aromatic nitrogens is 2. The Morgan fingerprint density at radius 3 is 2.45 bits per heavy atom. The molecule has 0 saturated carbocycles. The molecule has 2 rings (SSSR count). The van der Waals surface area contributed by atoms with Crippen LogP contribution in [0.1, 0.15) is 30.7 Å². The molecule has 0 aliphatic carbocycles. The van der Waals surface area contributed by atoms with Gasteiger partial charge < -0.3 is 5.73 Å². The van der Waals surface area contributed by atoms with E-state index in [4.69, 9.17) is 5.73 Å². The van der Waals surface area contributed by atoms with Crippen LogP contribution in [0.15, 0.2) is 22.7 Å². The van der Waals surface area contributed by atoms with Crippen molar-refractivity contribution in [2.24, 2.45) is 5.92 Å². The van der Waals surface area contributed by atoms with Gasteiger partial charge in [0, 0.05) is 5.56 Å². The molecule has 1 aromatic carbocycles. The fourth-order valence-corrected chi connectivity index (χ4v) is 2.38. The van der Waals surface area contributed by atoms with Crippen LogP contribution in [0.5, 0.6) is 0 Å². The van der Waals surface area contributed by atoms with Crippen molar-refractivity contribution in [3.8, 4) is 11.4 Å². The highest BCUT2D eigenvalue weighted by atomic mass is 79.9. The van der Waals surface area contributed by atoms with E-state index in [1.165, 1.54) is 11.1 Å². The van der Waals surface area contributed by atoms with E-state index in [9.17, 15) is 0 Å². The first-order valence-electron chi connectivity index (χ1n) is 6.78. The predicted octanol–water partition coefficient (Wildman–Crippen LogP) is 4.30. The van der Waals surface area contributed by atoms with Gasteiger partial charge in [0.1, 0.15) is 5.82 Å². The molecule has 0 amide bonds. The van der Waals surface area contributed by atoms with Crippen LogP contribution >= 0.6 is 15.9 Å². The van der Waals surface area contributed by atoms with Gasteiger partial charge in [-0.2, -0.15) is 0 Å². The minimum atomic E-state index is 0.504. The van der Waals surface area contributed by atoms with Crippen molar-refractivity contribution in [2.75, 3.05) is 5.73 Å². The van der Waals surface area contributed by atoms with E-state index in [0.717, 1.165) is 22.2 Å². The van der Waals surface area contributed by atoms with Gasteiger partial charge in [0.2, 0.25) is 0 Å². The van der Waals surface area contributed by atoms with Gasteiger partial charge in [-0.05, 0) is 59.3 Å². The van der Waals surface area contributed by atoms with Crippen LogP contribution in [0.3, 0.4) is 0 Å². The predicted molar refractivity (Wildman–Crippen MR) is 87.6 cm³/mol. The number of anilines is 1. The lowest BCUT2D eigenvalue weighted by atomic mass is 10.1. The quantitative estimate of drug-likeness (QED) is 0.910. The topological polar surface area (TPSA) is 51.8 Å². The Bertz CT molecular complexity index is 636. The van der Waals surface area contributed by atoms with Crippen LogP contribution in [0, 0.1) is 19.8 Å².